The van der Waals surface area contributed by atoms with Crippen LogP contribution in [0.1, 0.15) is 31.0 Å². The molecule has 0 radical (unpaired) electrons. The summed E-state index contributed by atoms with van der Waals surface area (Å²) in [4.78, 5) is 0. The van der Waals surface area contributed by atoms with Crippen molar-refractivity contribution in [1.29, 1.82) is 0 Å². The summed E-state index contributed by atoms with van der Waals surface area (Å²) in [5.41, 5.74) is 4.65. The number of benzene rings is 1. The smallest absolute Gasteiger partial charge is 0.301 e. The molecule has 0 unspecified atom stereocenters. The van der Waals surface area contributed by atoms with Gasteiger partial charge in [0.15, 0.2) is 0 Å². The zero-order valence-electron chi connectivity index (χ0n) is 9.05. The minimum atomic E-state index is -3.62. The summed E-state index contributed by atoms with van der Waals surface area (Å²) >= 11 is 0. The van der Waals surface area contributed by atoms with E-state index in [4.69, 9.17) is 10.8 Å². The lowest BCUT2D eigenvalue weighted by Crippen LogP contribution is -2.29. The molecule has 2 atom stereocenters. The van der Waals surface area contributed by atoms with Crippen molar-refractivity contribution in [2.75, 3.05) is 0 Å². The summed E-state index contributed by atoms with van der Waals surface area (Å²) in [7, 11) is 0. The van der Waals surface area contributed by atoms with Gasteiger partial charge in [-0.2, -0.15) is 8.78 Å². The number of hydrogen-bond acceptors (Lipinski definition) is 2. The number of nitrogens with two attached hydrogens (primary N) is 1. The van der Waals surface area contributed by atoms with E-state index in [0.29, 0.717) is 0 Å². The van der Waals surface area contributed by atoms with Gasteiger partial charge in [0.2, 0.25) is 0 Å². The Labute approximate surface area is 91.9 Å². The Kier molecular flexibility index (Phi) is 3.60. The summed E-state index contributed by atoms with van der Waals surface area (Å²) < 4.78 is 40.6. The van der Waals surface area contributed by atoms with E-state index in [1.807, 2.05) is 0 Å². The van der Waals surface area contributed by atoms with Crippen LogP contribution in [-0.2, 0) is 5.92 Å². The van der Waals surface area contributed by atoms with Crippen molar-refractivity contribution in [2.24, 2.45) is 5.73 Å². The Morgan fingerprint density at radius 1 is 1.31 bits per heavy atom. The summed E-state index contributed by atoms with van der Waals surface area (Å²) in [6.07, 6.45) is -1.95. The molecule has 0 heterocycles. The number of rotatable bonds is 3. The van der Waals surface area contributed by atoms with Crippen LogP contribution in [0.4, 0.5) is 13.2 Å². The highest BCUT2D eigenvalue weighted by atomic mass is 19.3. The van der Waals surface area contributed by atoms with Crippen molar-refractivity contribution in [2.45, 2.75) is 31.9 Å². The van der Waals surface area contributed by atoms with Crippen LogP contribution < -0.4 is 5.73 Å². The standard InChI is InChI=1S/C11H14F3NO/c1-6(15)8-4-3-5-9(10(8)12)11(13,14)7(2)16/h3-7,16H,15H2,1-2H3/t6-,7-/m1/s1. The molecule has 1 rings (SSSR count). The van der Waals surface area contributed by atoms with Gasteiger partial charge in [-0.05, 0) is 19.9 Å². The van der Waals surface area contributed by atoms with E-state index in [-0.39, 0.29) is 5.56 Å². The molecule has 0 aliphatic rings. The number of aliphatic hydroxyl groups excluding tert-OH is 1. The van der Waals surface area contributed by atoms with Gasteiger partial charge in [0.05, 0.1) is 5.56 Å². The molecule has 5 heteroatoms. The summed E-state index contributed by atoms with van der Waals surface area (Å²) in [6.45, 7) is 2.42. The van der Waals surface area contributed by atoms with E-state index >= 15 is 0 Å². The second-order valence-electron chi connectivity index (χ2n) is 3.80. The molecule has 0 aliphatic carbocycles. The predicted octanol–water partition coefficient (Wildman–Crippen LogP) is 2.32. The Balaban J connectivity index is 3.31. The van der Waals surface area contributed by atoms with E-state index < -0.39 is 29.4 Å². The zero-order valence-corrected chi connectivity index (χ0v) is 9.05. The highest BCUT2D eigenvalue weighted by Crippen LogP contribution is 2.35. The van der Waals surface area contributed by atoms with E-state index in [1.54, 1.807) is 0 Å². The fraction of sp³-hybridized carbons (Fsp3) is 0.455. The van der Waals surface area contributed by atoms with Crippen molar-refractivity contribution < 1.29 is 18.3 Å². The molecule has 1 aromatic carbocycles. The fourth-order valence-electron chi connectivity index (χ4n) is 1.38. The SMILES string of the molecule is C[C@@H](N)c1cccc(C(F)(F)[C@@H](C)O)c1F. The lowest BCUT2D eigenvalue weighted by Gasteiger charge is -2.21. The van der Waals surface area contributed by atoms with Gasteiger partial charge in [-0.1, -0.05) is 12.1 Å². The number of hydrogen-bond donors (Lipinski definition) is 2. The normalized spacial score (nSPS) is 15.9. The predicted molar refractivity (Wildman–Crippen MR) is 54.6 cm³/mol. The average Bonchev–Trinajstić information content (AvgIpc) is 2.16. The third kappa shape index (κ3) is 2.20. The van der Waals surface area contributed by atoms with Crippen LogP contribution in [0.3, 0.4) is 0 Å². The molecule has 3 N–H and O–H groups in total. The first-order valence-corrected chi connectivity index (χ1v) is 4.88. The lowest BCUT2D eigenvalue weighted by atomic mass is 9.98. The van der Waals surface area contributed by atoms with Crippen molar-refractivity contribution in [3.63, 3.8) is 0 Å². The minimum Gasteiger partial charge on any atom is -0.387 e. The van der Waals surface area contributed by atoms with Crippen LogP contribution >= 0.6 is 0 Å². The molecule has 16 heavy (non-hydrogen) atoms. The topological polar surface area (TPSA) is 46.2 Å². The van der Waals surface area contributed by atoms with E-state index in [2.05, 4.69) is 0 Å². The molecule has 90 valence electrons. The van der Waals surface area contributed by atoms with Crippen molar-refractivity contribution in [3.8, 4) is 0 Å². The van der Waals surface area contributed by atoms with E-state index in [9.17, 15) is 13.2 Å². The third-order valence-electron chi connectivity index (χ3n) is 2.40. The maximum absolute atomic E-state index is 13.7. The molecular formula is C11H14F3NO. The van der Waals surface area contributed by atoms with Gasteiger partial charge >= 0.3 is 5.92 Å². The Morgan fingerprint density at radius 2 is 1.88 bits per heavy atom. The molecule has 0 aromatic heterocycles. The van der Waals surface area contributed by atoms with Gasteiger partial charge in [0.1, 0.15) is 11.9 Å². The molecule has 0 fully saturated rings. The Morgan fingerprint density at radius 3 is 2.31 bits per heavy atom. The first-order chi connectivity index (χ1) is 7.28. The van der Waals surface area contributed by atoms with Gasteiger partial charge in [-0.15, -0.1) is 0 Å². The highest BCUT2D eigenvalue weighted by molar-refractivity contribution is 5.31. The van der Waals surface area contributed by atoms with Gasteiger partial charge in [0, 0.05) is 11.6 Å². The molecule has 1 aromatic rings. The first-order valence-electron chi connectivity index (χ1n) is 4.88. The van der Waals surface area contributed by atoms with Crippen LogP contribution in [0.15, 0.2) is 18.2 Å². The van der Waals surface area contributed by atoms with E-state index in [1.165, 1.54) is 19.1 Å². The molecule has 0 spiro atoms. The minimum absolute atomic E-state index is 0.0119. The lowest BCUT2D eigenvalue weighted by molar-refractivity contribution is -0.108. The Hall–Kier alpha value is -1.07. The summed E-state index contributed by atoms with van der Waals surface area (Å²) in [5, 5.41) is 8.94. The van der Waals surface area contributed by atoms with Crippen molar-refractivity contribution in [3.05, 3.63) is 35.1 Å². The van der Waals surface area contributed by atoms with Crippen LogP contribution in [0.5, 0.6) is 0 Å². The molecule has 0 bridgehead atoms. The number of aliphatic hydroxyl groups is 1. The molecule has 0 saturated carbocycles. The fourth-order valence-corrected chi connectivity index (χ4v) is 1.38. The molecule has 0 amide bonds. The van der Waals surface area contributed by atoms with E-state index in [0.717, 1.165) is 13.0 Å². The van der Waals surface area contributed by atoms with Crippen LogP contribution in [0, 0.1) is 5.82 Å². The molecule has 0 aliphatic heterocycles. The van der Waals surface area contributed by atoms with Gasteiger partial charge in [-0.3, -0.25) is 0 Å². The monoisotopic (exact) mass is 233 g/mol. The quantitative estimate of drug-likeness (QED) is 0.841. The van der Waals surface area contributed by atoms with Crippen LogP contribution in [0.25, 0.3) is 0 Å². The Bertz CT molecular complexity index is 377. The first kappa shape index (κ1) is 13.0. The maximum Gasteiger partial charge on any atom is 0.301 e. The molecule has 2 nitrogen and oxygen atoms in total. The van der Waals surface area contributed by atoms with Crippen molar-refractivity contribution >= 4 is 0 Å². The van der Waals surface area contributed by atoms with Gasteiger partial charge < -0.3 is 10.8 Å². The second-order valence-corrected chi connectivity index (χ2v) is 3.80. The van der Waals surface area contributed by atoms with Gasteiger partial charge in [-0.25, -0.2) is 4.39 Å². The largest absolute Gasteiger partial charge is 0.387 e. The van der Waals surface area contributed by atoms with Gasteiger partial charge in [0.25, 0.3) is 0 Å². The zero-order chi connectivity index (χ0) is 12.5. The number of alkyl halides is 2. The number of halogens is 3. The van der Waals surface area contributed by atoms with Crippen LogP contribution in [-0.4, -0.2) is 11.2 Å². The third-order valence-corrected chi connectivity index (χ3v) is 2.40. The van der Waals surface area contributed by atoms with Crippen LogP contribution in [0.2, 0.25) is 0 Å². The van der Waals surface area contributed by atoms with Crippen molar-refractivity contribution in [1.82, 2.24) is 0 Å². The summed E-state index contributed by atoms with van der Waals surface area (Å²) in [6, 6.07) is 2.92. The molecule has 0 saturated heterocycles. The summed E-state index contributed by atoms with van der Waals surface area (Å²) in [5.74, 6) is -4.67. The molecular weight excluding hydrogens is 219 g/mol. The highest BCUT2D eigenvalue weighted by Gasteiger charge is 2.40. The average molecular weight is 233 g/mol. The second kappa shape index (κ2) is 4.43. The maximum atomic E-state index is 13.7.